The summed E-state index contributed by atoms with van der Waals surface area (Å²) in [5.74, 6) is 0.659. The first-order valence-corrected chi connectivity index (χ1v) is 7.14. The van der Waals surface area contributed by atoms with Gasteiger partial charge in [-0.3, -0.25) is 0 Å². The van der Waals surface area contributed by atoms with Gasteiger partial charge < -0.3 is 10.5 Å². The van der Waals surface area contributed by atoms with Gasteiger partial charge in [0, 0.05) is 12.3 Å². The van der Waals surface area contributed by atoms with Crippen molar-refractivity contribution in [3.8, 4) is 5.75 Å². The van der Waals surface area contributed by atoms with Gasteiger partial charge in [0.1, 0.15) is 15.6 Å². The number of hydrogen-bond acceptors (Lipinski definition) is 4. The van der Waals surface area contributed by atoms with Gasteiger partial charge in [-0.1, -0.05) is 12.1 Å². The highest BCUT2D eigenvalue weighted by Crippen LogP contribution is 2.18. The Hall–Kier alpha value is -1.07. The highest BCUT2D eigenvalue weighted by Gasteiger charge is 2.13. The summed E-state index contributed by atoms with van der Waals surface area (Å²) < 4.78 is 27.6. The number of sulfone groups is 1. The molecule has 90 valence electrons. The third-order valence-corrected chi connectivity index (χ3v) is 3.04. The van der Waals surface area contributed by atoms with E-state index in [4.69, 9.17) is 10.5 Å². The van der Waals surface area contributed by atoms with Crippen molar-refractivity contribution in [2.24, 2.45) is 5.73 Å². The average Bonchev–Trinajstić information content (AvgIpc) is 2.16. The summed E-state index contributed by atoms with van der Waals surface area (Å²) in [6.07, 6.45) is 1.18. The zero-order valence-corrected chi connectivity index (χ0v) is 10.3. The Bertz CT molecular complexity index is 442. The molecule has 0 spiro atoms. The lowest BCUT2D eigenvalue weighted by Gasteiger charge is -2.12. The Morgan fingerprint density at radius 2 is 2.12 bits per heavy atom. The summed E-state index contributed by atoms with van der Waals surface area (Å²) in [4.78, 5) is 0. The van der Waals surface area contributed by atoms with Gasteiger partial charge in [0.25, 0.3) is 0 Å². The van der Waals surface area contributed by atoms with E-state index < -0.39 is 15.9 Å². The van der Waals surface area contributed by atoms with Crippen molar-refractivity contribution >= 4 is 9.84 Å². The third-order valence-electron chi connectivity index (χ3n) is 2.08. The second-order valence-corrected chi connectivity index (χ2v) is 5.89. The number of benzene rings is 1. The zero-order chi connectivity index (χ0) is 12.2. The fraction of sp³-hybridized carbons (Fsp3) is 0.455. The topological polar surface area (TPSA) is 69.4 Å². The van der Waals surface area contributed by atoms with Gasteiger partial charge in [0.05, 0.1) is 12.4 Å². The molecule has 1 aromatic carbocycles. The normalized spacial score (nSPS) is 13.4. The standard InChI is InChI=1S/C11H17NO3S/c1-3-15-10-6-4-5-9(7-10)11(12)8-16(2,13)14/h4-7,11H,3,8,12H2,1-2H3. The van der Waals surface area contributed by atoms with E-state index in [0.29, 0.717) is 12.4 Å². The van der Waals surface area contributed by atoms with Crippen LogP contribution in [0.15, 0.2) is 24.3 Å². The third kappa shape index (κ3) is 4.20. The van der Waals surface area contributed by atoms with E-state index in [1.807, 2.05) is 19.1 Å². The molecule has 2 N–H and O–H groups in total. The molecule has 1 unspecified atom stereocenters. The Balaban J connectivity index is 2.83. The van der Waals surface area contributed by atoms with E-state index in [1.54, 1.807) is 12.1 Å². The van der Waals surface area contributed by atoms with Gasteiger partial charge in [0.2, 0.25) is 0 Å². The van der Waals surface area contributed by atoms with Crippen LogP contribution in [0.3, 0.4) is 0 Å². The maximum absolute atomic E-state index is 11.1. The summed E-state index contributed by atoms with van der Waals surface area (Å²) in [5, 5.41) is 0. The van der Waals surface area contributed by atoms with E-state index in [-0.39, 0.29) is 5.75 Å². The minimum Gasteiger partial charge on any atom is -0.494 e. The Morgan fingerprint density at radius 3 is 2.69 bits per heavy atom. The molecule has 4 nitrogen and oxygen atoms in total. The molecule has 1 atom stereocenters. The molecular weight excluding hydrogens is 226 g/mol. The molecule has 0 saturated carbocycles. The number of nitrogens with two attached hydrogens (primary N) is 1. The number of ether oxygens (including phenoxy) is 1. The quantitative estimate of drug-likeness (QED) is 0.841. The summed E-state index contributed by atoms with van der Waals surface area (Å²) >= 11 is 0. The van der Waals surface area contributed by atoms with Crippen LogP contribution in [0, 0.1) is 0 Å². The Morgan fingerprint density at radius 1 is 1.44 bits per heavy atom. The van der Waals surface area contributed by atoms with Gasteiger partial charge in [-0.25, -0.2) is 8.42 Å². The van der Waals surface area contributed by atoms with Crippen molar-refractivity contribution < 1.29 is 13.2 Å². The SMILES string of the molecule is CCOc1cccc(C(N)CS(C)(=O)=O)c1. The summed E-state index contributed by atoms with van der Waals surface area (Å²) in [7, 11) is -3.06. The fourth-order valence-electron chi connectivity index (χ4n) is 1.42. The zero-order valence-electron chi connectivity index (χ0n) is 9.51. The minimum absolute atomic E-state index is 0.0530. The lowest BCUT2D eigenvalue weighted by molar-refractivity contribution is 0.339. The molecule has 5 heteroatoms. The van der Waals surface area contributed by atoms with Crippen molar-refractivity contribution in [3.63, 3.8) is 0 Å². The number of hydrogen-bond donors (Lipinski definition) is 1. The van der Waals surface area contributed by atoms with E-state index in [2.05, 4.69) is 0 Å². The molecule has 0 aliphatic carbocycles. The summed E-state index contributed by atoms with van der Waals surface area (Å²) in [5.41, 5.74) is 6.59. The molecule has 16 heavy (non-hydrogen) atoms. The van der Waals surface area contributed by atoms with Crippen LogP contribution in [-0.4, -0.2) is 27.0 Å². The second-order valence-electron chi connectivity index (χ2n) is 3.70. The van der Waals surface area contributed by atoms with Crippen LogP contribution in [0.1, 0.15) is 18.5 Å². The summed E-state index contributed by atoms with van der Waals surface area (Å²) in [6, 6.07) is 6.70. The van der Waals surface area contributed by atoms with Gasteiger partial charge in [-0.15, -0.1) is 0 Å². The van der Waals surface area contributed by atoms with Crippen molar-refractivity contribution in [3.05, 3.63) is 29.8 Å². The molecule has 0 radical (unpaired) electrons. The van der Waals surface area contributed by atoms with Crippen LogP contribution in [0.25, 0.3) is 0 Å². The van der Waals surface area contributed by atoms with E-state index in [9.17, 15) is 8.42 Å². The first-order chi connectivity index (χ1) is 7.42. The maximum Gasteiger partial charge on any atom is 0.149 e. The van der Waals surface area contributed by atoms with Crippen LogP contribution in [0.5, 0.6) is 5.75 Å². The molecule has 1 aromatic rings. The van der Waals surface area contributed by atoms with Crippen molar-refractivity contribution in [1.29, 1.82) is 0 Å². The van der Waals surface area contributed by atoms with Crippen LogP contribution in [0.4, 0.5) is 0 Å². The largest absolute Gasteiger partial charge is 0.494 e. The Labute approximate surface area is 96.3 Å². The van der Waals surface area contributed by atoms with Gasteiger partial charge in [-0.05, 0) is 24.6 Å². The smallest absolute Gasteiger partial charge is 0.149 e. The lowest BCUT2D eigenvalue weighted by atomic mass is 10.1. The molecule has 0 heterocycles. The van der Waals surface area contributed by atoms with Crippen molar-refractivity contribution in [2.75, 3.05) is 18.6 Å². The fourth-order valence-corrected chi connectivity index (χ4v) is 2.27. The highest BCUT2D eigenvalue weighted by atomic mass is 32.2. The molecular formula is C11H17NO3S. The van der Waals surface area contributed by atoms with Crippen LogP contribution >= 0.6 is 0 Å². The molecule has 0 saturated heterocycles. The minimum atomic E-state index is -3.06. The van der Waals surface area contributed by atoms with Crippen molar-refractivity contribution in [1.82, 2.24) is 0 Å². The molecule has 0 fully saturated rings. The monoisotopic (exact) mass is 243 g/mol. The van der Waals surface area contributed by atoms with E-state index in [0.717, 1.165) is 5.56 Å². The first-order valence-electron chi connectivity index (χ1n) is 5.08. The molecule has 0 aliphatic heterocycles. The first kappa shape index (κ1) is 13.0. The summed E-state index contributed by atoms with van der Waals surface area (Å²) in [6.45, 7) is 2.47. The van der Waals surface area contributed by atoms with Gasteiger partial charge >= 0.3 is 0 Å². The molecule has 0 aromatic heterocycles. The number of rotatable bonds is 5. The van der Waals surface area contributed by atoms with Crippen LogP contribution in [-0.2, 0) is 9.84 Å². The molecule has 1 rings (SSSR count). The lowest BCUT2D eigenvalue weighted by Crippen LogP contribution is -2.20. The molecule has 0 bridgehead atoms. The average molecular weight is 243 g/mol. The predicted molar refractivity (Wildman–Crippen MR) is 64.3 cm³/mol. The van der Waals surface area contributed by atoms with Crippen molar-refractivity contribution in [2.45, 2.75) is 13.0 Å². The predicted octanol–water partition coefficient (Wildman–Crippen LogP) is 1.13. The highest BCUT2D eigenvalue weighted by molar-refractivity contribution is 7.90. The molecule has 0 aliphatic rings. The Kier molecular flexibility index (Phi) is 4.32. The van der Waals surface area contributed by atoms with Crippen LogP contribution < -0.4 is 10.5 Å². The van der Waals surface area contributed by atoms with E-state index in [1.165, 1.54) is 6.26 Å². The maximum atomic E-state index is 11.1. The van der Waals surface area contributed by atoms with Crippen LogP contribution in [0.2, 0.25) is 0 Å². The van der Waals surface area contributed by atoms with E-state index >= 15 is 0 Å². The van der Waals surface area contributed by atoms with Gasteiger partial charge in [-0.2, -0.15) is 0 Å². The molecule has 0 amide bonds. The second kappa shape index (κ2) is 5.32. The van der Waals surface area contributed by atoms with Gasteiger partial charge in [0.15, 0.2) is 0 Å².